The predicted molar refractivity (Wildman–Crippen MR) is 79.0 cm³/mol. The standard InChI is InChI=1S/C15H17N3O2/c1-10(11-5-3-2-4-6-11)9-18-14-13(16)12(15(19)20)7-8-17-14/h2-8,10H,9,16H2,1H3,(H,17,18)(H,19,20). The van der Waals surface area contributed by atoms with Gasteiger partial charge in [0, 0.05) is 12.7 Å². The molecule has 2 rings (SSSR count). The molecule has 5 heteroatoms. The summed E-state index contributed by atoms with van der Waals surface area (Å²) in [6, 6.07) is 11.4. The molecule has 2 aromatic rings. The molecule has 5 nitrogen and oxygen atoms in total. The molecule has 20 heavy (non-hydrogen) atoms. The number of aromatic nitrogens is 1. The number of nitrogens with zero attached hydrogens (tertiary/aromatic N) is 1. The number of pyridine rings is 1. The molecule has 0 amide bonds. The molecule has 104 valence electrons. The van der Waals surface area contributed by atoms with E-state index in [-0.39, 0.29) is 17.2 Å². The Hall–Kier alpha value is -2.56. The maximum atomic E-state index is 11.0. The first-order valence-corrected chi connectivity index (χ1v) is 6.36. The SMILES string of the molecule is CC(CNc1nccc(C(=O)O)c1N)c1ccccc1. The molecule has 1 unspecified atom stereocenters. The average Bonchev–Trinajstić information content (AvgIpc) is 2.46. The fourth-order valence-corrected chi connectivity index (χ4v) is 1.95. The molecule has 0 aliphatic heterocycles. The van der Waals surface area contributed by atoms with Crippen LogP contribution in [0.1, 0.15) is 28.8 Å². The summed E-state index contributed by atoms with van der Waals surface area (Å²) in [5, 5.41) is 12.1. The Labute approximate surface area is 117 Å². The Morgan fingerprint density at radius 3 is 2.70 bits per heavy atom. The van der Waals surface area contributed by atoms with Gasteiger partial charge < -0.3 is 16.2 Å². The first kappa shape index (κ1) is 13.9. The third kappa shape index (κ3) is 3.06. The zero-order chi connectivity index (χ0) is 14.5. The van der Waals surface area contributed by atoms with E-state index in [1.165, 1.54) is 17.8 Å². The average molecular weight is 271 g/mol. The Morgan fingerprint density at radius 2 is 2.05 bits per heavy atom. The number of rotatable bonds is 5. The van der Waals surface area contributed by atoms with Crippen LogP contribution in [0, 0.1) is 0 Å². The van der Waals surface area contributed by atoms with Crippen LogP contribution in [0.2, 0.25) is 0 Å². The largest absolute Gasteiger partial charge is 0.478 e. The number of nitrogen functional groups attached to an aromatic ring is 1. The Bertz CT molecular complexity index is 599. The van der Waals surface area contributed by atoms with Crippen molar-refractivity contribution in [2.45, 2.75) is 12.8 Å². The number of carboxylic acids is 1. The smallest absolute Gasteiger partial charge is 0.337 e. The quantitative estimate of drug-likeness (QED) is 0.777. The molecule has 1 heterocycles. The molecule has 0 fully saturated rings. The molecule has 0 radical (unpaired) electrons. The van der Waals surface area contributed by atoms with Crippen molar-refractivity contribution < 1.29 is 9.90 Å². The molecular formula is C15H17N3O2. The number of nitrogens with two attached hydrogens (primary N) is 1. The lowest BCUT2D eigenvalue weighted by molar-refractivity contribution is 0.0698. The first-order chi connectivity index (χ1) is 9.59. The summed E-state index contributed by atoms with van der Waals surface area (Å²) >= 11 is 0. The van der Waals surface area contributed by atoms with Crippen molar-refractivity contribution in [1.29, 1.82) is 0 Å². The van der Waals surface area contributed by atoms with Crippen LogP contribution in [-0.4, -0.2) is 22.6 Å². The van der Waals surface area contributed by atoms with Gasteiger partial charge in [0.1, 0.15) is 5.82 Å². The fourth-order valence-electron chi connectivity index (χ4n) is 1.95. The van der Waals surface area contributed by atoms with Crippen LogP contribution in [0.15, 0.2) is 42.6 Å². The molecule has 1 aromatic heterocycles. The molecule has 0 saturated heterocycles. The molecule has 4 N–H and O–H groups in total. The van der Waals surface area contributed by atoms with Gasteiger partial charge in [0.05, 0.1) is 11.3 Å². The molecular weight excluding hydrogens is 254 g/mol. The Morgan fingerprint density at radius 1 is 1.35 bits per heavy atom. The number of carboxylic acid groups (broad SMARTS) is 1. The van der Waals surface area contributed by atoms with E-state index in [1.54, 1.807) is 0 Å². The van der Waals surface area contributed by atoms with Gasteiger partial charge in [-0.1, -0.05) is 37.3 Å². The minimum absolute atomic E-state index is 0.0647. The molecule has 1 aromatic carbocycles. The van der Waals surface area contributed by atoms with Crippen LogP contribution < -0.4 is 11.1 Å². The van der Waals surface area contributed by atoms with Gasteiger partial charge in [-0.15, -0.1) is 0 Å². The number of anilines is 2. The maximum absolute atomic E-state index is 11.0. The van der Waals surface area contributed by atoms with E-state index >= 15 is 0 Å². The van der Waals surface area contributed by atoms with E-state index in [0.717, 1.165) is 0 Å². The summed E-state index contributed by atoms with van der Waals surface area (Å²) in [4.78, 5) is 15.1. The normalized spacial score (nSPS) is 11.8. The van der Waals surface area contributed by atoms with E-state index < -0.39 is 5.97 Å². The zero-order valence-electron chi connectivity index (χ0n) is 11.2. The van der Waals surface area contributed by atoms with Crippen molar-refractivity contribution in [2.24, 2.45) is 0 Å². The molecule has 0 saturated carbocycles. The van der Waals surface area contributed by atoms with Crippen LogP contribution in [0.5, 0.6) is 0 Å². The van der Waals surface area contributed by atoms with E-state index in [1.807, 2.05) is 18.2 Å². The third-order valence-electron chi connectivity index (χ3n) is 3.16. The van der Waals surface area contributed by atoms with Crippen molar-refractivity contribution in [3.8, 4) is 0 Å². The molecule has 0 aliphatic carbocycles. The summed E-state index contributed by atoms with van der Waals surface area (Å²) in [5.41, 5.74) is 7.24. The lowest BCUT2D eigenvalue weighted by Gasteiger charge is -2.15. The van der Waals surface area contributed by atoms with Gasteiger partial charge >= 0.3 is 5.97 Å². The monoisotopic (exact) mass is 271 g/mol. The van der Waals surface area contributed by atoms with E-state index in [0.29, 0.717) is 12.4 Å². The lowest BCUT2D eigenvalue weighted by atomic mass is 10.0. The minimum atomic E-state index is -1.05. The van der Waals surface area contributed by atoms with Crippen molar-refractivity contribution in [3.05, 3.63) is 53.7 Å². The highest BCUT2D eigenvalue weighted by atomic mass is 16.4. The Balaban J connectivity index is 2.08. The van der Waals surface area contributed by atoms with Gasteiger partial charge in [0.25, 0.3) is 0 Å². The summed E-state index contributed by atoms with van der Waals surface area (Å²) < 4.78 is 0. The topological polar surface area (TPSA) is 88.2 Å². The fraction of sp³-hybridized carbons (Fsp3) is 0.200. The van der Waals surface area contributed by atoms with Gasteiger partial charge in [-0.25, -0.2) is 9.78 Å². The Kier molecular flexibility index (Phi) is 4.20. The van der Waals surface area contributed by atoms with Crippen molar-refractivity contribution in [2.75, 3.05) is 17.6 Å². The van der Waals surface area contributed by atoms with Gasteiger partial charge in [-0.3, -0.25) is 0 Å². The summed E-state index contributed by atoms with van der Waals surface area (Å²) in [6.45, 7) is 2.71. The number of benzene rings is 1. The van der Waals surface area contributed by atoms with Crippen LogP contribution in [0.25, 0.3) is 0 Å². The maximum Gasteiger partial charge on any atom is 0.337 e. The summed E-state index contributed by atoms with van der Waals surface area (Å²) in [7, 11) is 0. The molecule has 0 aliphatic rings. The van der Waals surface area contributed by atoms with Crippen LogP contribution in [0.4, 0.5) is 11.5 Å². The van der Waals surface area contributed by atoms with Crippen LogP contribution in [0.3, 0.4) is 0 Å². The number of nitrogens with one attached hydrogen (secondary N) is 1. The first-order valence-electron chi connectivity index (χ1n) is 6.36. The second-order valence-corrected chi connectivity index (χ2v) is 4.62. The molecule has 0 spiro atoms. The number of carbonyl (C=O) groups is 1. The highest BCUT2D eigenvalue weighted by Crippen LogP contribution is 2.21. The second kappa shape index (κ2) is 6.06. The lowest BCUT2D eigenvalue weighted by Crippen LogP contribution is -2.14. The van der Waals surface area contributed by atoms with Crippen LogP contribution in [-0.2, 0) is 0 Å². The highest BCUT2D eigenvalue weighted by molar-refractivity contribution is 5.96. The summed E-state index contributed by atoms with van der Waals surface area (Å²) in [6.07, 6.45) is 1.44. The van der Waals surface area contributed by atoms with Crippen molar-refractivity contribution in [3.63, 3.8) is 0 Å². The second-order valence-electron chi connectivity index (χ2n) is 4.62. The zero-order valence-corrected chi connectivity index (χ0v) is 11.2. The van der Waals surface area contributed by atoms with E-state index in [4.69, 9.17) is 10.8 Å². The minimum Gasteiger partial charge on any atom is -0.478 e. The van der Waals surface area contributed by atoms with Gasteiger partial charge in [0.2, 0.25) is 0 Å². The van der Waals surface area contributed by atoms with E-state index in [2.05, 4.69) is 29.4 Å². The van der Waals surface area contributed by atoms with Gasteiger partial charge in [-0.05, 0) is 17.5 Å². The summed E-state index contributed by atoms with van der Waals surface area (Å²) in [5.74, 6) is -0.373. The van der Waals surface area contributed by atoms with E-state index in [9.17, 15) is 4.79 Å². The van der Waals surface area contributed by atoms with Gasteiger partial charge in [0.15, 0.2) is 0 Å². The number of hydrogen-bond donors (Lipinski definition) is 3. The van der Waals surface area contributed by atoms with Crippen LogP contribution >= 0.6 is 0 Å². The van der Waals surface area contributed by atoms with Gasteiger partial charge in [-0.2, -0.15) is 0 Å². The third-order valence-corrected chi connectivity index (χ3v) is 3.16. The number of aromatic carboxylic acids is 1. The predicted octanol–water partition coefficient (Wildman–Crippen LogP) is 2.58. The van der Waals surface area contributed by atoms with Crippen molar-refractivity contribution >= 4 is 17.5 Å². The molecule has 1 atom stereocenters. The van der Waals surface area contributed by atoms with Crippen molar-refractivity contribution in [1.82, 2.24) is 4.98 Å². The highest BCUT2D eigenvalue weighted by Gasteiger charge is 2.13. The number of hydrogen-bond acceptors (Lipinski definition) is 4. The molecule has 0 bridgehead atoms.